The zero-order valence-electron chi connectivity index (χ0n) is 8.70. The molecule has 1 aliphatic carbocycles. The second kappa shape index (κ2) is 5.59. The minimum atomic E-state index is 0.123. The van der Waals surface area contributed by atoms with Crippen LogP contribution in [0.4, 0.5) is 0 Å². The van der Waals surface area contributed by atoms with Gasteiger partial charge in [-0.2, -0.15) is 5.26 Å². The van der Waals surface area contributed by atoms with E-state index in [1.165, 1.54) is 0 Å². The molecule has 0 aromatic heterocycles. The Bertz CT molecular complexity index is 262. The summed E-state index contributed by atoms with van der Waals surface area (Å²) in [5.74, 6) is 0.789. The fourth-order valence-corrected chi connectivity index (χ4v) is 2.07. The van der Waals surface area contributed by atoms with Gasteiger partial charge in [0.2, 0.25) is 0 Å². The molecule has 14 heavy (non-hydrogen) atoms. The SMILES string of the molecule is CC/C=C\C[C@H]1C(=O)CC[C@@H]1C[14C]#N. The summed E-state index contributed by atoms with van der Waals surface area (Å²) in [5.41, 5.74) is 0. The summed E-state index contributed by atoms with van der Waals surface area (Å²) < 4.78 is 0. The molecule has 0 saturated heterocycles. The van der Waals surface area contributed by atoms with Gasteiger partial charge in [0.25, 0.3) is 0 Å². The van der Waals surface area contributed by atoms with Gasteiger partial charge >= 0.3 is 0 Å². The van der Waals surface area contributed by atoms with Crippen LogP contribution < -0.4 is 0 Å². The van der Waals surface area contributed by atoms with Crippen LogP contribution in [0, 0.1) is 23.2 Å². The lowest BCUT2D eigenvalue weighted by molar-refractivity contribution is -0.121. The van der Waals surface area contributed by atoms with Crippen molar-refractivity contribution >= 4 is 5.78 Å². The van der Waals surface area contributed by atoms with E-state index in [9.17, 15) is 4.79 Å². The molecule has 2 heteroatoms. The number of carbonyl (C=O) groups excluding carboxylic acids is 1. The van der Waals surface area contributed by atoms with Crippen molar-refractivity contribution < 1.29 is 4.79 Å². The molecule has 0 unspecified atom stereocenters. The number of nitrogens with zero attached hydrogens (tertiary/aromatic N) is 1. The molecule has 0 bridgehead atoms. The van der Waals surface area contributed by atoms with Crippen LogP contribution in [0.1, 0.15) is 39.0 Å². The quantitative estimate of drug-likeness (QED) is 0.644. The summed E-state index contributed by atoms with van der Waals surface area (Å²) in [5, 5.41) is 8.62. The highest BCUT2D eigenvalue weighted by molar-refractivity contribution is 5.83. The predicted octanol–water partition coefficient (Wildman–Crippen LogP) is 2.85. The van der Waals surface area contributed by atoms with Crippen LogP contribution in [0.3, 0.4) is 0 Å². The van der Waals surface area contributed by atoms with E-state index >= 15 is 0 Å². The minimum Gasteiger partial charge on any atom is -0.299 e. The lowest BCUT2D eigenvalue weighted by atomic mass is 9.92. The van der Waals surface area contributed by atoms with Gasteiger partial charge in [-0.1, -0.05) is 19.1 Å². The number of ketones is 1. The largest absolute Gasteiger partial charge is 0.299 e. The van der Waals surface area contributed by atoms with Gasteiger partial charge in [-0.15, -0.1) is 0 Å². The fraction of sp³-hybridized carbons (Fsp3) is 0.667. The van der Waals surface area contributed by atoms with Gasteiger partial charge in [0.05, 0.1) is 6.07 Å². The van der Waals surface area contributed by atoms with Crippen molar-refractivity contribution in [3.63, 3.8) is 0 Å². The second-order valence-electron chi connectivity index (χ2n) is 3.85. The van der Waals surface area contributed by atoms with Gasteiger partial charge in [-0.25, -0.2) is 0 Å². The second-order valence-corrected chi connectivity index (χ2v) is 3.85. The minimum absolute atomic E-state index is 0.123. The third kappa shape index (κ3) is 2.70. The monoisotopic (exact) mass is 193 g/mol. The smallest absolute Gasteiger partial charge is 0.136 e. The van der Waals surface area contributed by atoms with Crippen molar-refractivity contribution in [3.8, 4) is 6.07 Å². The standard InChI is InChI=1S/C12H17NO/c1-2-3-4-5-11-10(8-9-13)6-7-12(11)14/h3-4,10-11H,2,5-8H2,1H3/b4-3-/t10-,11-/m1/s1/i9+2. The molecule has 0 aromatic carbocycles. The van der Waals surface area contributed by atoms with Crippen molar-refractivity contribution in [2.45, 2.75) is 39.0 Å². The maximum Gasteiger partial charge on any atom is 0.136 e. The average molecular weight is 193 g/mol. The number of nitriles is 1. The molecule has 0 heterocycles. The number of hydrogen-bond donors (Lipinski definition) is 0. The normalized spacial score (nSPS) is 27.0. The van der Waals surface area contributed by atoms with Crippen LogP contribution in [-0.2, 0) is 4.79 Å². The van der Waals surface area contributed by atoms with Crippen LogP contribution >= 0.6 is 0 Å². The molecule has 1 fully saturated rings. The number of hydrogen-bond acceptors (Lipinski definition) is 2. The Hall–Kier alpha value is -1.10. The zero-order valence-corrected chi connectivity index (χ0v) is 8.70. The third-order valence-corrected chi connectivity index (χ3v) is 2.89. The van der Waals surface area contributed by atoms with E-state index in [0.29, 0.717) is 24.5 Å². The van der Waals surface area contributed by atoms with E-state index in [2.05, 4.69) is 25.1 Å². The molecular formula is C12H17NO. The topological polar surface area (TPSA) is 40.9 Å². The number of rotatable bonds is 4. The molecule has 1 rings (SSSR count). The zero-order chi connectivity index (χ0) is 10.4. The molecule has 76 valence electrons. The van der Waals surface area contributed by atoms with Gasteiger partial charge in [-0.3, -0.25) is 4.79 Å². The van der Waals surface area contributed by atoms with E-state index in [0.717, 1.165) is 19.3 Å². The Morgan fingerprint density at radius 1 is 1.57 bits per heavy atom. The maximum absolute atomic E-state index is 11.5. The Morgan fingerprint density at radius 2 is 2.36 bits per heavy atom. The molecule has 1 aliphatic rings. The van der Waals surface area contributed by atoms with E-state index in [-0.39, 0.29) is 5.92 Å². The molecule has 0 N–H and O–H groups in total. The molecule has 0 radical (unpaired) electrons. The maximum atomic E-state index is 11.5. The Balaban J connectivity index is 2.50. The lowest BCUT2D eigenvalue weighted by Crippen LogP contribution is -2.13. The highest BCUT2D eigenvalue weighted by atomic mass is 16.1. The Labute approximate surface area is 85.6 Å². The first-order valence-corrected chi connectivity index (χ1v) is 5.34. The molecule has 1 saturated carbocycles. The van der Waals surface area contributed by atoms with Gasteiger partial charge in [0.1, 0.15) is 5.78 Å². The van der Waals surface area contributed by atoms with Crippen molar-refractivity contribution in [3.05, 3.63) is 12.2 Å². The average Bonchev–Trinajstić information content (AvgIpc) is 2.50. The molecule has 0 aromatic rings. The van der Waals surface area contributed by atoms with Crippen LogP contribution in [-0.4, -0.2) is 5.78 Å². The molecule has 0 spiro atoms. The third-order valence-electron chi connectivity index (χ3n) is 2.89. The van der Waals surface area contributed by atoms with Crippen LogP contribution in [0.5, 0.6) is 0 Å². The van der Waals surface area contributed by atoms with Crippen LogP contribution in [0.2, 0.25) is 0 Å². The van der Waals surface area contributed by atoms with Gasteiger partial charge in [0.15, 0.2) is 0 Å². The van der Waals surface area contributed by atoms with E-state index in [1.54, 1.807) is 0 Å². The first kappa shape index (κ1) is 11.0. The summed E-state index contributed by atoms with van der Waals surface area (Å²) >= 11 is 0. The van der Waals surface area contributed by atoms with Gasteiger partial charge in [0, 0.05) is 18.8 Å². The Morgan fingerprint density at radius 3 is 3.00 bits per heavy atom. The van der Waals surface area contributed by atoms with Crippen LogP contribution in [0.15, 0.2) is 12.2 Å². The molecule has 0 amide bonds. The van der Waals surface area contributed by atoms with E-state index in [1.807, 2.05) is 0 Å². The summed E-state index contributed by atoms with van der Waals surface area (Å²) in [7, 11) is 0. The Kier molecular flexibility index (Phi) is 4.39. The van der Waals surface area contributed by atoms with Crippen molar-refractivity contribution in [2.24, 2.45) is 11.8 Å². The van der Waals surface area contributed by atoms with Gasteiger partial charge in [-0.05, 0) is 25.2 Å². The fourth-order valence-electron chi connectivity index (χ4n) is 2.07. The first-order chi connectivity index (χ1) is 6.79. The number of allylic oxidation sites excluding steroid dienone is 2. The number of carbonyl (C=O) groups is 1. The van der Waals surface area contributed by atoms with Crippen molar-refractivity contribution in [1.29, 1.82) is 5.26 Å². The molecular weight excluding hydrogens is 176 g/mol. The van der Waals surface area contributed by atoms with Crippen LogP contribution in [0.25, 0.3) is 0 Å². The summed E-state index contributed by atoms with van der Waals surface area (Å²) in [6.07, 6.45) is 8.15. The van der Waals surface area contributed by atoms with Gasteiger partial charge < -0.3 is 0 Å². The highest BCUT2D eigenvalue weighted by Crippen LogP contribution is 2.33. The molecule has 0 aliphatic heterocycles. The summed E-state index contributed by atoms with van der Waals surface area (Å²) in [4.78, 5) is 11.5. The summed E-state index contributed by atoms with van der Waals surface area (Å²) in [6, 6.07) is 2.17. The highest BCUT2D eigenvalue weighted by Gasteiger charge is 2.33. The summed E-state index contributed by atoms with van der Waals surface area (Å²) in [6.45, 7) is 2.08. The number of Topliss-reactive ketones (excluding diaryl/α,β-unsaturated/α-hetero) is 1. The van der Waals surface area contributed by atoms with Crippen molar-refractivity contribution in [1.82, 2.24) is 0 Å². The van der Waals surface area contributed by atoms with E-state index in [4.69, 9.17) is 5.26 Å². The predicted molar refractivity (Wildman–Crippen MR) is 55.5 cm³/mol. The molecule has 2 atom stereocenters. The molecule has 2 nitrogen and oxygen atoms in total. The first-order valence-electron chi connectivity index (χ1n) is 5.34. The van der Waals surface area contributed by atoms with Crippen molar-refractivity contribution in [2.75, 3.05) is 0 Å². The van der Waals surface area contributed by atoms with E-state index < -0.39 is 0 Å². The lowest BCUT2D eigenvalue weighted by Gasteiger charge is -2.12.